The summed E-state index contributed by atoms with van der Waals surface area (Å²) in [5.74, 6) is 1.20. The first-order chi connectivity index (χ1) is 13.1. The maximum atomic E-state index is 4.51. The van der Waals surface area contributed by atoms with Crippen molar-refractivity contribution in [2.24, 2.45) is 0 Å². The zero-order chi connectivity index (χ0) is 18.8. The van der Waals surface area contributed by atoms with Crippen molar-refractivity contribution in [2.45, 2.75) is 33.2 Å². The van der Waals surface area contributed by atoms with E-state index in [0.717, 1.165) is 24.5 Å². The Kier molecular flexibility index (Phi) is 5.32. The topological polar surface area (TPSA) is 41.0 Å². The molecule has 0 radical (unpaired) electrons. The molecule has 1 fully saturated rings. The van der Waals surface area contributed by atoms with E-state index in [1.165, 1.54) is 39.8 Å². The van der Waals surface area contributed by atoms with Crippen molar-refractivity contribution in [3.8, 4) is 11.1 Å². The molecular weight excluding hydrogens is 352 g/mol. The lowest BCUT2D eigenvalue weighted by Gasteiger charge is -2.39. The molecule has 0 saturated carbocycles. The summed E-state index contributed by atoms with van der Waals surface area (Å²) in [7, 11) is 0. The molecule has 4 nitrogen and oxygen atoms in total. The van der Waals surface area contributed by atoms with Crippen molar-refractivity contribution in [2.75, 3.05) is 24.2 Å². The first kappa shape index (κ1) is 18.3. The number of nitrogens with zero attached hydrogens (tertiary/aromatic N) is 3. The van der Waals surface area contributed by atoms with Gasteiger partial charge in [-0.1, -0.05) is 18.9 Å². The van der Waals surface area contributed by atoms with E-state index in [1.807, 2.05) is 24.3 Å². The van der Waals surface area contributed by atoms with E-state index in [-0.39, 0.29) is 0 Å². The number of hydrogen-bond donors (Lipinski definition) is 1. The second-order valence-corrected chi connectivity index (χ2v) is 8.46. The second-order valence-electron chi connectivity index (χ2n) is 7.28. The highest BCUT2D eigenvalue weighted by atomic mass is 32.2. The van der Waals surface area contributed by atoms with Gasteiger partial charge in [0.15, 0.2) is 0 Å². The van der Waals surface area contributed by atoms with Crippen LogP contribution in [0.1, 0.15) is 24.7 Å². The third-order valence-corrected chi connectivity index (χ3v) is 6.11. The summed E-state index contributed by atoms with van der Waals surface area (Å²) >= 11 is 1.96. The summed E-state index contributed by atoms with van der Waals surface area (Å²) in [6.45, 7) is 8.51. The Morgan fingerprint density at radius 2 is 1.85 bits per heavy atom. The highest BCUT2D eigenvalue weighted by molar-refractivity contribution is 7.97. The summed E-state index contributed by atoms with van der Waals surface area (Å²) in [5, 5.41) is 6.16. The lowest BCUT2D eigenvalue weighted by molar-refractivity contribution is 0.310. The van der Waals surface area contributed by atoms with Crippen molar-refractivity contribution in [1.82, 2.24) is 14.3 Å². The smallest absolute Gasteiger partial charge is 0.0534 e. The average molecular weight is 379 g/mol. The van der Waals surface area contributed by atoms with E-state index in [0.29, 0.717) is 6.04 Å². The monoisotopic (exact) mass is 378 g/mol. The fraction of sp³-hybridized carbons (Fsp3) is 0.364. The lowest BCUT2D eigenvalue weighted by Crippen LogP contribution is -2.51. The van der Waals surface area contributed by atoms with Crippen molar-refractivity contribution >= 4 is 28.4 Å². The van der Waals surface area contributed by atoms with Gasteiger partial charge in [0.05, 0.1) is 6.04 Å². The van der Waals surface area contributed by atoms with E-state index >= 15 is 0 Å². The van der Waals surface area contributed by atoms with Gasteiger partial charge < -0.3 is 5.32 Å². The molecule has 1 aliphatic rings. The second kappa shape index (κ2) is 7.87. The molecule has 27 heavy (non-hydrogen) atoms. The summed E-state index contributed by atoms with van der Waals surface area (Å²) in [6, 6.07) is 11.4. The van der Waals surface area contributed by atoms with Crippen molar-refractivity contribution in [3.05, 3.63) is 54.1 Å². The maximum absolute atomic E-state index is 4.51. The van der Waals surface area contributed by atoms with Crippen LogP contribution in [0, 0.1) is 13.8 Å². The van der Waals surface area contributed by atoms with Crippen LogP contribution in [0.15, 0.2) is 42.7 Å². The normalized spacial score (nSPS) is 15.1. The summed E-state index contributed by atoms with van der Waals surface area (Å²) in [5.41, 5.74) is 5.72. The van der Waals surface area contributed by atoms with Crippen LogP contribution in [-0.4, -0.2) is 39.2 Å². The number of hydrogen-bond acceptors (Lipinski definition) is 5. The van der Waals surface area contributed by atoms with Crippen molar-refractivity contribution in [3.63, 3.8) is 0 Å². The van der Waals surface area contributed by atoms with Crippen LogP contribution in [-0.2, 0) is 0 Å². The third-order valence-electron chi connectivity index (χ3n) is 4.86. The summed E-state index contributed by atoms with van der Waals surface area (Å²) in [4.78, 5) is 8.86. The predicted molar refractivity (Wildman–Crippen MR) is 116 cm³/mol. The minimum atomic E-state index is 0.494. The quantitative estimate of drug-likeness (QED) is 0.607. The number of nitrogens with one attached hydrogen (secondary N) is 1. The standard InChI is InChI=1S/C22H26N4S/c1-4-7-27-26-13-20(14-26)25-22-11-19(10-17-5-6-23-12-21(17)22)18-8-15(2)24-16(3)9-18/h5-6,8-12,20,25H,4,7,13-14H2,1-3H3. The van der Waals surface area contributed by atoms with Gasteiger partial charge in [-0.25, -0.2) is 4.31 Å². The van der Waals surface area contributed by atoms with Gasteiger partial charge in [0.2, 0.25) is 0 Å². The molecular formula is C22H26N4S. The molecule has 0 aliphatic carbocycles. The number of aromatic nitrogens is 2. The van der Waals surface area contributed by atoms with E-state index in [1.54, 1.807) is 0 Å². The zero-order valence-electron chi connectivity index (χ0n) is 16.2. The molecule has 5 heteroatoms. The van der Waals surface area contributed by atoms with Gasteiger partial charge in [-0.2, -0.15) is 0 Å². The van der Waals surface area contributed by atoms with Gasteiger partial charge in [0.1, 0.15) is 0 Å². The number of anilines is 1. The molecule has 1 aliphatic heterocycles. The van der Waals surface area contributed by atoms with Gasteiger partial charge in [0, 0.05) is 53.7 Å². The lowest BCUT2D eigenvalue weighted by atomic mass is 9.99. The number of aryl methyl sites for hydroxylation is 2. The summed E-state index contributed by atoms with van der Waals surface area (Å²) in [6.07, 6.45) is 5.06. The Morgan fingerprint density at radius 3 is 2.59 bits per heavy atom. The highest BCUT2D eigenvalue weighted by Crippen LogP contribution is 2.33. The Balaban J connectivity index is 1.63. The largest absolute Gasteiger partial charge is 0.379 e. The molecule has 4 rings (SSSR count). The molecule has 2 aromatic heterocycles. The molecule has 140 valence electrons. The molecule has 0 amide bonds. The molecule has 0 spiro atoms. The van der Waals surface area contributed by atoms with Crippen LogP contribution >= 0.6 is 11.9 Å². The summed E-state index contributed by atoms with van der Waals surface area (Å²) < 4.78 is 2.45. The molecule has 1 N–H and O–H groups in total. The van der Waals surface area contributed by atoms with E-state index in [4.69, 9.17) is 0 Å². The van der Waals surface area contributed by atoms with E-state index in [9.17, 15) is 0 Å². The van der Waals surface area contributed by atoms with Crippen LogP contribution < -0.4 is 5.32 Å². The van der Waals surface area contributed by atoms with Crippen LogP contribution in [0.3, 0.4) is 0 Å². The number of rotatable bonds is 6. The van der Waals surface area contributed by atoms with Crippen molar-refractivity contribution in [1.29, 1.82) is 0 Å². The van der Waals surface area contributed by atoms with E-state index in [2.05, 4.69) is 70.7 Å². The van der Waals surface area contributed by atoms with Crippen LogP contribution in [0.25, 0.3) is 21.9 Å². The van der Waals surface area contributed by atoms with Crippen LogP contribution in [0.4, 0.5) is 5.69 Å². The molecule has 0 bridgehead atoms. The van der Waals surface area contributed by atoms with Gasteiger partial charge >= 0.3 is 0 Å². The molecule has 0 unspecified atom stereocenters. The van der Waals surface area contributed by atoms with Gasteiger partial charge in [-0.3, -0.25) is 9.97 Å². The molecule has 1 aromatic carbocycles. The first-order valence-corrected chi connectivity index (χ1v) is 10.5. The van der Waals surface area contributed by atoms with Crippen LogP contribution in [0.5, 0.6) is 0 Å². The molecule has 3 heterocycles. The Labute approximate surface area is 165 Å². The highest BCUT2D eigenvalue weighted by Gasteiger charge is 2.27. The van der Waals surface area contributed by atoms with Gasteiger partial charge in [0.25, 0.3) is 0 Å². The fourth-order valence-corrected chi connectivity index (χ4v) is 4.57. The SMILES string of the molecule is CCCSN1CC(Nc2cc(-c3cc(C)nc(C)c3)cc3ccncc23)C1. The molecule has 1 saturated heterocycles. The predicted octanol–water partition coefficient (Wildman–Crippen LogP) is 5.07. The average Bonchev–Trinajstić information content (AvgIpc) is 2.62. The fourth-order valence-electron chi connectivity index (χ4n) is 3.56. The molecule has 3 aromatic rings. The van der Waals surface area contributed by atoms with Crippen molar-refractivity contribution < 1.29 is 0 Å². The Bertz CT molecular complexity index is 930. The number of pyridine rings is 2. The van der Waals surface area contributed by atoms with Gasteiger partial charge in [-0.15, -0.1) is 0 Å². The Morgan fingerprint density at radius 1 is 1.11 bits per heavy atom. The maximum Gasteiger partial charge on any atom is 0.0534 e. The number of benzene rings is 1. The van der Waals surface area contributed by atoms with Crippen LogP contribution in [0.2, 0.25) is 0 Å². The third kappa shape index (κ3) is 4.09. The minimum absolute atomic E-state index is 0.494. The minimum Gasteiger partial charge on any atom is -0.379 e. The Hall–Kier alpha value is -2.11. The number of fused-ring (bicyclic) bond motifs is 1. The zero-order valence-corrected chi connectivity index (χ0v) is 17.0. The van der Waals surface area contributed by atoms with E-state index < -0.39 is 0 Å². The van der Waals surface area contributed by atoms with Gasteiger partial charge in [-0.05, 0) is 67.1 Å². The first-order valence-electron chi connectivity index (χ1n) is 9.60. The molecule has 0 atom stereocenters.